The fraction of sp³-hybridized carbons (Fsp3) is 0.409. The normalized spacial score (nSPS) is 10.5. The Balaban J connectivity index is 2.13. The molecule has 1 aromatic carbocycles. The molecule has 0 unspecified atom stereocenters. The minimum Gasteiger partial charge on any atom is -0.484 e. The van der Waals surface area contributed by atoms with E-state index in [2.05, 4.69) is 5.32 Å². The molecule has 0 aliphatic rings. The van der Waals surface area contributed by atoms with Gasteiger partial charge in [-0.05, 0) is 38.0 Å². The second-order valence-corrected chi connectivity index (χ2v) is 7.00. The van der Waals surface area contributed by atoms with Gasteiger partial charge in [0.1, 0.15) is 11.4 Å². The van der Waals surface area contributed by atoms with Gasteiger partial charge in [-0.15, -0.1) is 0 Å². The Hall–Kier alpha value is -3.09. The molecule has 7 nitrogen and oxygen atoms in total. The number of rotatable bonds is 9. The second-order valence-electron chi connectivity index (χ2n) is 7.00. The van der Waals surface area contributed by atoms with Crippen molar-refractivity contribution in [1.82, 2.24) is 9.47 Å². The zero-order valence-electron chi connectivity index (χ0n) is 17.5. The summed E-state index contributed by atoms with van der Waals surface area (Å²) in [6, 6.07) is 8.76. The van der Waals surface area contributed by atoms with Crippen LogP contribution in [-0.4, -0.2) is 41.0 Å². The molecular formula is C22H29N3O4. The lowest BCUT2D eigenvalue weighted by atomic mass is 10.2. The summed E-state index contributed by atoms with van der Waals surface area (Å²) in [6.07, 6.45) is 3.19. The Morgan fingerprint density at radius 3 is 2.31 bits per heavy atom. The van der Waals surface area contributed by atoms with E-state index in [-0.39, 0.29) is 23.8 Å². The first-order valence-corrected chi connectivity index (χ1v) is 9.85. The number of hydrogen-bond acceptors (Lipinski definition) is 4. The number of ether oxygens (including phenoxy) is 1. The van der Waals surface area contributed by atoms with Gasteiger partial charge in [0.25, 0.3) is 17.4 Å². The third kappa shape index (κ3) is 6.20. The summed E-state index contributed by atoms with van der Waals surface area (Å²) in [5, 5.41) is 2.56. The smallest absolute Gasteiger partial charge is 0.274 e. The predicted octanol–water partition coefficient (Wildman–Crippen LogP) is 2.97. The van der Waals surface area contributed by atoms with Gasteiger partial charge in [0, 0.05) is 26.3 Å². The number of carbonyl (C=O) groups is 2. The third-order valence-electron chi connectivity index (χ3n) is 4.37. The number of pyridine rings is 1. The number of nitrogens with one attached hydrogen (secondary N) is 1. The van der Waals surface area contributed by atoms with E-state index in [4.69, 9.17) is 4.74 Å². The molecule has 2 rings (SSSR count). The molecule has 2 amide bonds. The molecule has 0 radical (unpaired) electrons. The summed E-state index contributed by atoms with van der Waals surface area (Å²) in [5.41, 5.74) is 1.13. The molecule has 156 valence electrons. The highest BCUT2D eigenvalue weighted by molar-refractivity contribution is 5.97. The molecule has 0 spiro atoms. The molecule has 1 N–H and O–H groups in total. The van der Waals surface area contributed by atoms with Crippen molar-refractivity contribution in [3.8, 4) is 5.75 Å². The van der Waals surface area contributed by atoms with Crippen LogP contribution in [0.4, 0.5) is 5.69 Å². The van der Waals surface area contributed by atoms with Crippen LogP contribution in [0.3, 0.4) is 0 Å². The largest absolute Gasteiger partial charge is 0.484 e. The number of aryl methyl sites for hydroxylation is 2. The minimum absolute atomic E-state index is 0.0591. The Morgan fingerprint density at radius 2 is 1.72 bits per heavy atom. The molecule has 7 heteroatoms. The first-order chi connectivity index (χ1) is 13.8. The lowest BCUT2D eigenvalue weighted by molar-refractivity contribution is -0.118. The second kappa shape index (κ2) is 10.5. The van der Waals surface area contributed by atoms with Gasteiger partial charge >= 0.3 is 0 Å². The summed E-state index contributed by atoms with van der Waals surface area (Å²) in [4.78, 5) is 39.2. The SMILES string of the molecule is CCCN(CCC)C(=O)c1cc(NC(=O)COc2ccc(C)cc2)c(=O)n(C)c1. The van der Waals surface area contributed by atoms with E-state index >= 15 is 0 Å². The van der Waals surface area contributed by atoms with Gasteiger partial charge in [-0.1, -0.05) is 31.5 Å². The van der Waals surface area contributed by atoms with Crippen molar-refractivity contribution in [3.05, 3.63) is 58.0 Å². The molecule has 0 atom stereocenters. The van der Waals surface area contributed by atoms with Crippen molar-refractivity contribution >= 4 is 17.5 Å². The van der Waals surface area contributed by atoms with Gasteiger partial charge in [-0.2, -0.15) is 0 Å². The van der Waals surface area contributed by atoms with E-state index in [1.165, 1.54) is 16.8 Å². The maximum atomic E-state index is 12.8. The van der Waals surface area contributed by atoms with Crippen LogP contribution in [-0.2, 0) is 11.8 Å². The minimum atomic E-state index is -0.466. The topological polar surface area (TPSA) is 80.6 Å². The van der Waals surface area contributed by atoms with Gasteiger partial charge in [0.05, 0.1) is 5.56 Å². The van der Waals surface area contributed by atoms with Crippen LogP contribution >= 0.6 is 0 Å². The van der Waals surface area contributed by atoms with Crippen LogP contribution in [0.25, 0.3) is 0 Å². The maximum Gasteiger partial charge on any atom is 0.274 e. The zero-order valence-corrected chi connectivity index (χ0v) is 17.5. The van der Waals surface area contributed by atoms with E-state index in [0.717, 1.165) is 18.4 Å². The maximum absolute atomic E-state index is 12.8. The third-order valence-corrected chi connectivity index (χ3v) is 4.37. The molecular weight excluding hydrogens is 370 g/mol. The van der Waals surface area contributed by atoms with Crippen molar-refractivity contribution < 1.29 is 14.3 Å². The first kappa shape index (κ1) is 22.2. The van der Waals surface area contributed by atoms with Crippen LogP contribution in [0.2, 0.25) is 0 Å². The number of benzene rings is 1. The van der Waals surface area contributed by atoms with Gasteiger partial charge in [0.15, 0.2) is 6.61 Å². The molecule has 0 saturated carbocycles. The number of amides is 2. The number of carbonyl (C=O) groups excluding carboxylic acids is 2. The fourth-order valence-corrected chi connectivity index (χ4v) is 2.93. The average Bonchev–Trinajstić information content (AvgIpc) is 2.70. The number of hydrogen-bond donors (Lipinski definition) is 1. The average molecular weight is 399 g/mol. The van der Waals surface area contributed by atoms with E-state index < -0.39 is 5.91 Å². The van der Waals surface area contributed by atoms with E-state index in [9.17, 15) is 14.4 Å². The highest BCUT2D eigenvalue weighted by atomic mass is 16.5. The molecule has 0 aliphatic heterocycles. The Kier molecular flexibility index (Phi) is 8.00. The van der Waals surface area contributed by atoms with Gasteiger partial charge in [0.2, 0.25) is 0 Å². The molecule has 0 fully saturated rings. The van der Waals surface area contributed by atoms with E-state index in [1.54, 1.807) is 24.1 Å². The number of nitrogens with zero attached hydrogens (tertiary/aromatic N) is 2. The zero-order chi connectivity index (χ0) is 21.4. The number of anilines is 1. The van der Waals surface area contributed by atoms with Gasteiger partial charge in [-0.3, -0.25) is 14.4 Å². The van der Waals surface area contributed by atoms with Crippen molar-refractivity contribution in [2.75, 3.05) is 25.0 Å². The standard InChI is InChI=1S/C22H29N3O4/c1-5-11-25(12-6-2)21(27)17-13-19(22(28)24(4)14-17)23-20(26)15-29-18-9-7-16(3)8-10-18/h7-10,13-14H,5-6,11-12,15H2,1-4H3,(H,23,26). The summed E-state index contributed by atoms with van der Waals surface area (Å²) in [7, 11) is 1.56. The van der Waals surface area contributed by atoms with Crippen LogP contribution in [0, 0.1) is 6.92 Å². The monoisotopic (exact) mass is 399 g/mol. The molecule has 0 bridgehead atoms. The first-order valence-electron chi connectivity index (χ1n) is 9.85. The lowest BCUT2D eigenvalue weighted by Gasteiger charge is -2.22. The quantitative estimate of drug-likeness (QED) is 0.703. The molecule has 1 aromatic heterocycles. The summed E-state index contributed by atoms with van der Waals surface area (Å²) < 4.78 is 6.75. The predicted molar refractivity (Wildman–Crippen MR) is 113 cm³/mol. The van der Waals surface area contributed by atoms with Crippen LogP contribution < -0.4 is 15.6 Å². The highest BCUT2D eigenvalue weighted by Gasteiger charge is 2.18. The van der Waals surface area contributed by atoms with Crippen LogP contribution in [0.1, 0.15) is 42.6 Å². The Bertz CT molecular complexity index is 897. The Morgan fingerprint density at radius 1 is 1.10 bits per heavy atom. The molecule has 2 aromatic rings. The van der Waals surface area contributed by atoms with Crippen molar-refractivity contribution in [2.24, 2.45) is 7.05 Å². The van der Waals surface area contributed by atoms with E-state index in [1.807, 2.05) is 32.9 Å². The highest BCUT2D eigenvalue weighted by Crippen LogP contribution is 2.12. The Labute approximate surface area is 171 Å². The van der Waals surface area contributed by atoms with Crippen LogP contribution in [0.5, 0.6) is 5.75 Å². The van der Waals surface area contributed by atoms with Crippen molar-refractivity contribution in [2.45, 2.75) is 33.6 Å². The van der Waals surface area contributed by atoms with Gasteiger partial charge in [-0.25, -0.2) is 0 Å². The summed E-state index contributed by atoms with van der Waals surface area (Å²) in [5.74, 6) is -0.0562. The van der Waals surface area contributed by atoms with Crippen molar-refractivity contribution in [3.63, 3.8) is 0 Å². The lowest BCUT2D eigenvalue weighted by Crippen LogP contribution is -2.34. The molecule has 29 heavy (non-hydrogen) atoms. The fourth-order valence-electron chi connectivity index (χ4n) is 2.93. The summed E-state index contributed by atoms with van der Waals surface area (Å²) in [6.45, 7) is 7.03. The summed E-state index contributed by atoms with van der Waals surface area (Å²) >= 11 is 0. The van der Waals surface area contributed by atoms with Crippen molar-refractivity contribution in [1.29, 1.82) is 0 Å². The molecule has 0 saturated heterocycles. The van der Waals surface area contributed by atoms with E-state index in [0.29, 0.717) is 24.4 Å². The van der Waals surface area contributed by atoms with Crippen LogP contribution in [0.15, 0.2) is 41.3 Å². The van der Waals surface area contributed by atoms with Gasteiger partial charge < -0.3 is 19.5 Å². The molecule has 0 aliphatic carbocycles. The number of aromatic nitrogens is 1. The molecule has 1 heterocycles.